The van der Waals surface area contributed by atoms with Crippen LogP contribution in [-0.2, 0) is 20.7 Å². The molecule has 3 unspecified atom stereocenters. The summed E-state index contributed by atoms with van der Waals surface area (Å²) in [6.45, 7) is 7.60. The zero-order chi connectivity index (χ0) is 20.1. The fourth-order valence-corrected chi connectivity index (χ4v) is 4.45. The van der Waals surface area contributed by atoms with E-state index in [-0.39, 0.29) is 17.8 Å². The molecule has 2 rings (SSSR count). The van der Waals surface area contributed by atoms with Crippen LogP contribution in [0.25, 0.3) is 0 Å². The first-order valence-electron chi connectivity index (χ1n) is 10.2. The van der Waals surface area contributed by atoms with Gasteiger partial charge in [-0.15, -0.1) is 0 Å². The molecule has 4 nitrogen and oxygen atoms in total. The van der Waals surface area contributed by atoms with Crippen LogP contribution in [-0.4, -0.2) is 22.6 Å². The Kier molecular flexibility index (Phi) is 7.07. The Morgan fingerprint density at radius 2 is 1.93 bits per heavy atom. The molecule has 1 saturated carbocycles. The molecule has 3 atom stereocenters. The van der Waals surface area contributed by atoms with E-state index in [0.717, 1.165) is 25.7 Å². The maximum Gasteiger partial charge on any atom is 0.309 e. The summed E-state index contributed by atoms with van der Waals surface area (Å²) in [5.74, 6) is -1.32. The van der Waals surface area contributed by atoms with E-state index >= 15 is 0 Å². The summed E-state index contributed by atoms with van der Waals surface area (Å²) in [6.07, 6.45) is 5.07. The molecule has 1 fully saturated rings. The van der Waals surface area contributed by atoms with Crippen LogP contribution in [0.2, 0.25) is 0 Å². The van der Waals surface area contributed by atoms with Crippen LogP contribution in [0, 0.1) is 17.3 Å². The van der Waals surface area contributed by atoms with Crippen LogP contribution in [0.5, 0.6) is 0 Å². The van der Waals surface area contributed by atoms with Crippen molar-refractivity contribution in [3.8, 4) is 0 Å². The maximum absolute atomic E-state index is 12.8. The molecule has 0 aliphatic heterocycles. The highest BCUT2D eigenvalue weighted by molar-refractivity contribution is 5.78. The fourth-order valence-electron chi connectivity index (χ4n) is 4.45. The lowest BCUT2D eigenvalue weighted by molar-refractivity contribution is -0.164. The summed E-state index contributed by atoms with van der Waals surface area (Å²) < 4.78 is 5.61. The highest BCUT2D eigenvalue weighted by Crippen LogP contribution is 2.50. The van der Waals surface area contributed by atoms with Gasteiger partial charge >= 0.3 is 11.9 Å². The first kappa shape index (κ1) is 21.5. The average molecular weight is 375 g/mol. The molecule has 0 spiro atoms. The molecule has 0 radical (unpaired) electrons. The molecule has 1 N–H and O–H groups in total. The van der Waals surface area contributed by atoms with Gasteiger partial charge < -0.3 is 9.84 Å². The van der Waals surface area contributed by atoms with Gasteiger partial charge in [-0.05, 0) is 64.4 Å². The summed E-state index contributed by atoms with van der Waals surface area (Å²) in [4.78, 5) is 25.2. The second-order valence-corrected chi connectivity index (χ2v) is 8.96. The number of benzene rings is 1. The van der Waals surface area contributed by atoms with Crippen molar-refractivity contribution in [1.82, 2.24) is 0 Å². The van der Waals surface area contributed by atoms with Crippen molar-refractivity contribution >= 4 is 11.9 Å². The SMILES string of the molecule is CCCC(CC1(C(=O)O)CCCC1Cc1ccccc1)C(=O)OC(C)(C)C. The van der Waals surface area contributed by atoms with Gasteiger partial charge in [-0.25, -0.2) is 0 Å². The van der Waals surface area contributed by atoms with Crippen molar-refractivity contribution in [2.24, 2.45) is 17.3 Å². The van der Waals surface area contributed by atoms with E-state index in [2.05, 4.69) is 12.1 Å². The van der Waals surface area contributed by atoms with Crippen molar-refractivity contribution in [2.75, 3.05) is 0 Å². The van der Waals surface area contributed by atoms with Gasteiger partial charge in [-0.2, -0.15) is 0 Å². The molecule has 27 heavy (non-hydrogen) atoms. The monoisotopic (exact) mass is 374 g/mol. The third kappa shape index (κ3) is 5.57. The molecule has 0 saturated heterocycles. The smallest absolute Gasteiger partial charge is 0.309 e. The van der Waals surface area contributed by atoms with E-state index in [0.29, 0.717) is 19.3 Å². The van der Waals surface area contributed by atoms with Gasteiger partial charge in [0.2, 0.25) is 0 Å². The Morgan fingerprint density at radius 3 is 2.48 bits per heavy atom. The number of hydrogen-bond donors (Lipinski definition) is 1. The average Bonchev–Trinajstić information content (AvgIpc) is 2.97. The van der Waals surface area contributed by atoms with E-state index in [1.54, 1.807) is 0 Å². The number of carboxylic acid groups (broad SMARTS) is 1. The Morgan fingerprint density at radius 1 is 1.26 bits per heavy atom. The number of carbonyl (C=O) groups is 2. The quantitative estimate of drug-likeness (QED) is 0.631. The van der Waals surface area contributed by atoms with Crippen molar-refractivity contribution in [1.29, 1.82) is 0 Å². The summed E-state index contributed by atoms with van der Waals surface area (Å²) in [5.41, 5.74) is -0.232. The molecule has 0 amide bonds. The van der Waals surface area contributed by atoms with Crippen molar-refractivity contribution < 1.29 is 19.4 Å². The molecular weight excluding hydrogens is 340 g/mol. The first-order chi connectivity index (χ1) is 12.7. The van der Waals surface area contributed by atoms with Crippen LogP contribution < -0.4 is 0 Å². The maximum atomic E-state index is 12.8. The zero-order valence-electron chi connectivity index (χ0n) is 17.2. The molecule has 1 aliphatic rings. The van der Waals surface area contributed by atoms with Gasteiger partial charge in [0.15, 0.2) is 0 Å². The molecule has 1 aromatic carbocycles. The highest BCUT2D eigenvalue weighted by Gasteiger charge is 2.51. The first-order valence-corrected chi connectivity index (χ1v) is 10.2. The van der Waals surface area contributed by atoms with Crippen molar-refractivity contribution in [2.45, 2.75) is 78.2 Å². The normalized spacial score (nSPS) is 23.8. The van der Waals surface area contributed by atoms with Gasteiger partial charge in [0.25, 0.3) is 0 Å². The number of hydrogen-bond acceptors (Lipinski definition) is 3. The molecule has 0 bridgehead atoms. The minimum absolute atomic E-state index is 0.0548. The molecule has 0 aromatic heterocycles. The minimum Gasteiger partial charge on any atom is -0.481 e. The van der Waals surface area contributed by atoms with Crippen LogP contribution in [0.1, 0.15) is 71.8 Å². The number of aliphatic carboxylic acids is 1. The van der Waals surface area contributed by atoms with Gasteiger partial charge in [0.1, 0.15) is 5.60 Å². The minimum atomic E-state index is -0.841. The predicted octanol–water partition coefficient (Wildman–Crippen LogP) is 5.25. The summed E-state index contributed by atoms with van der Waals surface area (Å²) in [5, 5.41) is 10.2. The van der Waals surface area contributed by atoms with E-state index in [1.807, 2.05) is 45.9 Å². The highest BCUT2D eigenvalue weighted by atomic mass is 16.6. The van der Waals surface area contributed by atoms with Crippen LogP contribution in [0.15, 0.2) is 30.3 Å². The molecule has 0 heterocycles. The Hall–Kier alpha value is -1.84. The second-order valence-electron chi connectivity index (χ2n) is 8.96. The standard InChI is InChI=1S/C23H34O4/c1-5-10-18(20(24)27-22(2,3)4)16-23(21(25)26)14-9-13-19(23)15-17-11-7-6-8-12-17/h6-8,11-12,18-19H,5,9-10,13-16H2,1-4H3,(H,25,26). The lowest BCUT2D eigenvalue weighted by Gasteiger charge is -2.35. The number of esters is 1. The van der Waals surface area contributed by atoms with E-state index < -0.39 is 17.0 Å². The lowest BCUT2D eigenvalue weighted by Crippen LogP contribution is -2.40. The van der Waals surface area contributed by atoms with Crippen LogP contribution in [0.3, 0.4) is 0 Å². The van der Waals surface area contributed by atoms with E-state index in [9.17, 15) is 14.7 Å². The van der Waals surface area contributed by atoms with E-state index in [1.165, 1.54) is 5.56 Å². The van der Waals surface area contributed by atoms with Crippen molar-refractivity contribution in [3.05, 3.63) is 35.9 Å². The Labute approximate surface area is 163 Å². The third-order valence-electron chi connectivity index (χ3n) is 5.70. The number of rotatable bonds is 8. The largest absolute Gasteiger partial charge is 0.481 e. The summed E-state index contributed by atoms with van der Waals surface area (Å²) >= 11 is 0. The Balaban J connectivity index is 2.24. The fraction of sp³-hybridized carbons (Fsp3) is 0.652. The zero-order valence-corrected chi connectivity index (χ0v) is 17.2. The molecular formula is C23H34O4. The lowest BCUT2D eigenvalue weighted by atomic mass is 9.69. The Bertz CT molecular complexity index is 632. The molecule has 1 aliphatic carbocycles. The van der Waals surface area contributed by atoms with Crippen molar-refractivity contribution in [3.63, 3.8) is 0 Å². The van der Waals surface area contributed by atoms with Gasteiger partial charge in [0.05, 0.1) is 11.3 Å². The van der Waals surface area contributed by atoms with Crippen LogP contribution >= 0.6 is 0 Å². The topological polar surface area (TPSA) is 63.6 Å². The number of carbonyl (C=O) groups excluding carboxylic acids is 1. The molecule has 1 aromatic rings. The summed E-state index contributed by atoms with van der Waals surface area (Å²) in [7, 11) is 0. The number of ether oxygens (including phenoxy) is 1. The molecule has 4 heteroatoms. The second kappa shape index (κ2) is 8.90. The van der Waals surface area contributed by atoms with Gasteiger partial charge in [-0.3, -0.25) is 9.59 Å². The van der Waals surface area contributed by atoms with Gasteiger partial charge in [-0.1, -0.05) is 50.1 Å². The van der Waals surface area contributed by atoms with Crippen LogP contribution in [0.4, 0.5) is 0 Å². The van der Waals surface area contributed by atoms with E-state index in [4.69, 9.17) is 4.74 Å². The third-order valence-corrected chi connectivity index (χ3v) is 5.70. The predicted molar refractivity (Wildman–Crippen MR) is 106 cm³/mol. The van der Waals surface area contributed by atoms with Gasteiger partial charge in [0, 0.05) is 0 Å². The molecule has 150 valence electrons. The summed E-state index contributed by atoms with van der Waals surface area (Å²) in [6, 6.07) is 10.1. The number of carboxylic acids is 1.